The highest BCUT2D eigenvalue weighted by atomic mass is 16.6. The van der Waals surface area contributed by atoms with Gasteiger partial charge in [-0.2, -0.15) is 0 Å². The van der Waals surface area contributed by atoms with E-state index in [0.29, 0.717) is 6.42 Å². The Morgan fingerprint density at radius 1 is 0.387 bits per heavy atom. The highest BCUT2D eigenvalue weighted by Crippen LogP contribution is 2.13. The smallest absolute Gasteiger partial charge is 0.309 e. The Bertz CT molecular complexity index is 1380. The fraction of sp³-hybridized carbons (Fsp3) is 0.544. The Morgan fingerprint density at radius 2 is 0.694 bits per heavy atom. The molecule has 0 fully saturated rings. The maximum atomic E-state index is 12.2. The van der Waals surface area contributed by atoms with Crippen LogP contribution in [0.3, 0.4) is 0 Å². The molecular weight excluding hydrogens is 765 g/mol. The highest BCUT2D eigenvalue weighted by Gasteiger charge is 2.15. The number of hydrogen-bond donors (Lipinski definition) is 1. The second kappa shape index (κ2) is 51.1. The molecular formula is C57H88O5. The molecule has 5 heteroatoms. The van der Waals surface area contributed by atoms with E-state index in [2.05, 4.69) is 148 Å². The average molecular weight is 853 g/mol. The molecule has 0 bridgehead atoms. The zero-order chi connectivity index (χ0) is 44.9. The van der Waals surface area contributed by atoms with Crippen molar-refractivity contribution in [3.05, 3.63) is 146 Å². The zero-order valence-corrected chi connectivity index (χ0v) is 39.3. The summed E-state index contributed by atoms with van der Waals surface area (Å²) < 4.78 is 10.5. The van der Waals surface area contributed by atoms with Crippen molar-refractivity contribution in [1.82, 2.24) is 0 Å². The van der Waals surface area contributed by atoms with Gasteiger partial charge in [0.05, 0.1) is 13.0 Å². The summed E-state index contributed by atoms with van der Waals surface area (Å²) in [7, 11) is 0. The molecule has 5 nitrogen and oxygen atoms in total. The molecule has 0 saturated carbocycles. The summed E-state index contributed by atoms with van der Waals surface area (Å²) in [5.74, 6) is -0.754. The predicted octanol–water partition coefficient (Wildman–Crippen LogP) is 16.3. The Morgan fingerprint density at radius 3 is 1.05 bits per heavy atom. The maximum Gasteiger partial charge on any atom is 0.309 e. The second-order valence-electron chi connectivity index (χ2n) is 15.4. The molecule has 1 unspecified atom stereocenters. The number of ether oxygens (including phenoxy) is 2. The summed E-state index contributed by atoms with van der Waals surface area (Å²) in [6, 6.07) is 0. The van der Waals surface area contributed by atoms with Gasteiger partial charge in [0.2, 0.25) is 0 Å². The van der Waals surface area contributed by atoms with Gasteiger partial charge in [-0.05, 0) is 96.3 Å². The van der Waals surface area contributed by atoms with Crippen LogP contribution in [0.1, 0.15) is 181 Å². The first-order valence-corrected chi connectivity index (χ1v) is 24.4. The van der Waals surface area contributed by atoms with Crippen LogP contribution in [-0.2, 0) is 19.1 Å². The summed E-state index contributed by atoms with van der Waals surface area (Å²) in [6.45, 7) is 3.80. The molecule has 0 heterocycles. The summed E-state index contributed by atoms with van der Waals surface area (Å²) >= 11 is 0. The molecule has 0 aliphatic rings. The SMILES string of the molecule is CC/C=C\C/C=C\C/C=C\C/C=C\C/C=C\C/C=C\C/C=C\CCCCCCCCCCCCCC(=O)OC(CO)COC(=O)C/C=C\C/C=C\C/C=C\C/C=C\C/C=C\CC. The molecule has 0 aromatic carbocycles. The number of hydrogen-bond acceptors (Lipinski definition) is 5. The number of esters is 2. The monoisotopic (exact) mass is 853 g/mol. The molecule has 0 amide bonds. The van der Waals surface area contributed by atoms with Crippen LogP contribution in [0.5, 0.6) is 0 Å². The van der Waals surface area contributed by atoms with Gasteiger partial charge in [0, 0.05) is 6.42 Å². The van der Waals surface area contributed by atoms with Gasteiger partial charge in [-0.1, -0.05) is 217 Å². The van der Waals surface area contributed by atoms with E-state index in [-0.39, 0.29) is 25.6 Å². The minimum Gasteiger partial charge on any atom is -0.461 e. The summed E-state index contributed by atoms with van der Waals surface area (Å²) in [6.07, 6.45) is 78.2. The normalized spacial score (nSPS) is 13.5. The quantitative estimate of drug-likeness (QED) is 0.0376. The third kappa shape index (κ3) is 48.4. The summed E-state index contributed by atoms with van der Waals surface area (Å²) in [5, 5.41) is 9.59. The molecule has 0 aliphatic carbocycles. The largest absolute Gasteiger partial charge is 0.461 e. The van der Waals surface area contributed by atoms with E-state index in [9.17, 15) is 14.7 Å². The van der Waals surface area contributed by atoms with Gasteiger partial charge in [0.25, 0.3) is 0 Å². The third-order valence-electron chi connectivity index (χ3n) is 9.66. The number of unbranched alkanes of at least 4 members (excludes halogenated alkanes) is 11. The van der Waals surface area contributed by atoms with E-state index in [0.717, 1.165) is 96.3 Å². The summed E-state index contributed by atoms with van der Waals surface area (Å²) in [4.78, 5) is 24.3. The van der Waals surface area contributed by atoms with Gasteiger partial charge >= 0.3 is 11.9 Å². The van der Waals surface area contributed by atoms with Crippen molar-refractivity contribution in [2.24, 2.45) is 0 Å². The van der Waals surface area contributed by atoms with Crippen LogP contribution in [0, 0.1) is 0 Å². The van der Waals surface area contributed by atoms with Crippen molar-refractivity contribution in [1.29, 1.82) is 0 Å². The van der Waals surface area contributed by atoms with Crippen molar-refractivity contribution in [2.45, 2.75) is 187 Å². The van der Waals surface area contributed by atoms with Gasteiger partial charge < -0.3 is 14.6 Å². The van der Waals surface area contributed by atoms with Crippen LogP contribution in [0.4, 0.5) is 0 Å². The van der Waals surface area contributed by atoms with Crippen LogP contribution >= 0.6 is 0 Å². The first-order valence-electron chi connectivity index (χ1n) is 24.4. The van der Waals surface area contributed by atoms with E-state index >= 15 is 0 Å². The van der Waals surface area contributed by atoms with Crippen LogP contribution in [0.2, 0.25) is 0 Å². The Kier molecular flexibility index (Phi) is 47.7. The lowest BCUT2D eigenvalue weighted by molar-refractivity contribution is -0.161. The lowest BCUT2D eigenvalue weighted by Gasteiger charge is -2.15. The number of allylic oxidation sites excluding steroid dienone is 23. The summed E-state index contributed by atoms with van der Waals surface area (Å²) in [5.41, 5.74) is 0. The van der Waals surface area contributed by atoms with E-state index in [1.165, 1.54) is 57.8 Å². The Hall–Kier alpha value is -4.22. The standard InChI is InChI=1S/C57H88O5/c1-3-5-7-9-11-13-15-17-19-20-21-22-23-24-25-26-27-28-29-30-31-32-33-34-35-36-38-40-42-44-46-48-50-52-57(60)62-55(53-58)54-61-56(59)51-49-47-45-43-41-39-37-18-16-14-12-10-8-6-4-2/h5-8,11-14,17-19,21-22,24-25,27-28,30-31,37,41,43,47,49,55,58H,3-4,9-10,15-16,20,23,26,29,32-36,38-40,42,44-46,48,50-54H2,1-2H3/b7-5-,8-6-,13-11-,14-12-,19-17-,22-21-,25-24-,28-27-,31-30-,37-18-,43-41-,49-47-. The number of carbonyl (C=O) groups excluding carboxylic acids is 2. The first-order chi connectivity index (χ1) is 30.6. The Labute approximate surface area is 380 Å². The molecule has 0 aliphatic heterocycles. The van der Waals surface area contributed by atoms with E-state index < -0.39 is 12.1 Å². The van der Waals surface area contributed by atoms with Crippen molar-refractivity contribution in [3.8, 4) is 0 Å². The van der Waals surface area contributed by atoms with Crippen molar-refractivity contribution < 1.29 is 24.2 Å². The van der Waals surface area contributed by atoms with Crippen molar-refractivity contribution in [2.75, 3.05) is 13.2 Å². The maximum absolute atomic E-state index is 12.2. The fourth-order valence-corrected chi connectivity index (χ4v) is 6.08. The van der Waals surface area contributed by atoms with Gasteiger partial charge in [0.1, 0.15) is 6.61 Å². The first kappa shape index (κ1) is 57.8. The van der Waals surface area contributed by atoms with Gasteiger partial charge in [-0.3, -0.25) is 9.59 Å². The third-order valence-corrected chi connectivity index (χ3v) is 9.66. The highest BCUT2D eigenvalue weighted by molar-refractivity contribution is 5.71. The number of carbonyl (C=O) groups is 2. The lowest BCUT2D eigenvalue weighted by Crippen LogP contribution is -2.28. The minimum absolute atomic E-state index is 0.130. The van der Waals surface area contributed by atoms with Gasteiger partial charge in [-0.15, -0.1) is 0 Å². The van der Waals surface area contributed by atoms with E-state index in [1.807, 2.05) is 6.08 Å². The van der Waals surface area contributed by atoms with Crippen LogP contribution in [0.25, 0.3) is 0 Å². The Balaban J connectivity index is 3.64. The molecule has 62 heavy (non-hydrogen) atoms. The van der Waals surface area contributed by atoms with E-state index in [1.54, 1.807) is 6.08 Å². The molecule has 0 aromatic rings. The molecule has 0 saturated heterocycles. The number of aliphatic hydroxyl groups excluding tert-OH is 1. The zero-order valence-electron chi connectivity index (χ0n) is 39.3. The van der Waals surface area contributed by atoms with Gasteiger partial charge in [-0.25, -0.2) is 0 Å². The molecule has 0 radical (unpaired) electrons. The van der Waals surface area contributed by atoms with E-state index in [4.69, 9.17) is 9.47 Å². The molecule has 0 aromatic heterocycles. The molecule has 1 atom stereocenters. The van der Waals surface area contributed by atoms with Gasteiger partial charge in [0.15, 0.2) is 6.10 Å². The number of aliphatic hydroxyl groups is 1. The van der Waals surface area contributed by atoms with Crippen LogP contribution in [-0.4, -0.2) is 36.4 Å². The predicted molar refractivity (Wildman–Crippen MR) is 269 cm³/mol. The average Bonchev–Trinajstić information content (AvgIpc) is 3.28. The molecule has 1 N–H and O–H groups in total. The molecule has 0 spiro atoms. The minimum atomic E-state index is -0.824. The van der Waals surface area contributed by atoms with Crippen LogP contribution in [0.15, 0.2) is 146 Å². The second-order valence-corrected chi connectivity index (χ2v) is 15.4. The number of rotatable bonds is 42. The molecule has 0 rings (SSSR count). The topological polar surface area (TPSA) is 72.8 Å². The molecule has 346 valence electrons. The van der Waals surface area contributed by atoms with Crippen molar-refractivity contribution in [3.63, 3.8) is 0 Å². The lowest BCUT2D eigenvalue weighted by atomic mass is 10.0. The fourth-order valence-electron chi connectivity index (χ4n) is 6.08. The van der Waals surface area contributed by atoms with Crippen LogP contribution < -0.4 is 0 Å². The van der Waals surface area contributed by atoms with Crippen molar-refractivity contribution >= 4 is 11.9 Å².